The van der Waals surface area contributed by atoms with Gasteiger partial charge in [0.15, 0.2) is 5.13 Å². The van der Waals surface area contributed by atoms with E-state index in [1.165, 1.54) is 25.2 Å². The molecule has 1 aromatic heterocycles. The molecular formula is C13H15N3O4S. The molecule has 8 heteroatoms. The summed E-state index contributed by atoms with van der Waals surface area (Å²) in [5.41, 5.74) is -0.627. The molecule has 0 radical (unpaired) electrons. The Bertz CT molecular complexity index is 696. The first kappa shape index (κ1) is 15.0. The molecule has 2 rings (SSSR count). The minimum Gasteiger partial charge on any atom is -0.497 e. The summed E-state index contributed by atoms with van der Waals surface area (Å²) in [6.07, 6.45) is 0. The molecule has 7 nitrogen and oxygen atoms in total. The average molecular weight is 309 g/mol. The molecule has 0 atom stereocenters. The van der Waals surface area contributed by atoms with Gasteiger partial charge in [-0.1, -0.05) is 11.3 Å². The van der Waals surface area contributed by atoms with Crippen molar-refractivity contribution in [2.45, 2.75) is 19.4 Å². The second-order valence-corrected chi connectivity index (χ2v) is 5.89. The molecule has 0 spiro atoms. The molecular weight excluding hydrogens is 294 g/mol. The standard InChI is InChI=1S/C13H15N3O4S/c1-13(2,10(17)18)16-11(19)15-12-14-8-5-4-7(20-3)6-9(8)21-12/h4-6H,1-3H3,(H,17,18)(H2,14,15,16,19). The van der Waals surface area contributed by atoms with E-state index in [-0.39, 0.29) is 0 Å². The molecule has 21 heavy (non-hydrogen) atoms. The van der Waals surface area contributed by atoms with Gasteiger partial charge in [-0.05, 0) is 32.0 Å². The zero-order valence-corrected chi connectivity index (χ0v) is 12.6. The van der Waals surface area contributed by atoms with E-state index in [2.05, 4.69) is 15.6 Å². The topological polar surface area (TPSA) is 101 Å². The number of amides is 2. The Labute approximate surface area is 124 Å². The maximum absolute atomic E-state index is 11.8. The lowest BCUT2D eigenvalue weighted by atomic mass is 10.1. The first-order chi connectivity index (χ1) is 9.81. The van der Waals surface area contributed by atoms with Gasteiger partial charge in [-0.2, -0.15) is 0 Å². The molecule has 0 saturated heterocycles. The molecule has 0 bridgehead atoms. The molecule has 1 heterocycles. The lowest BCUT2D eigenvalue weighted by Gasteiger charge is -2.20. The SMILES string of the molecule is COc1ccc2nc(NC(=O)NC(C)(C)C(=O)O)sc2c1. The highest BCUT2D eigenvalue weighted by Crippen LogP contribution is 2.29. The van der Waals surface area contributed by atoms with Crippen LogP contribution in [0.15, 0.2) is 18.2 Å². The number of urea groups is 1. The largest absolute Gasteiger partial charge is 0.497 e. The number of aliphatic carboxylic acids is 1. The number of benzene rings is 1. The number of ether oxygens (including phenoxy) is 1. The van der Waals surface area contributed by atoms with Crippen LogP contribution in [0.2, 0.25) is 0 Å². The van der Waals surface area contributed by atoms with E-state index in [4.69, 9.17) is 9.84 Å². The molecule has 0 saturated carbocycles. The summed E-state index contributed by atoms with van der Waals surface area (Å²) >= 11 is 1.28. The van der Waals surface area contributed by atoms with Crippen LogP contribution in [-0.2, 0) is 4.79 Å². The van der Waals surface area contributed by atoms with Gasteiger partial charge in [0.05, 0.1) is 17.3 Å². The van der Waals surface area contributed by atoms with Gasteiger partial charge < -0.3 is 15.2 Å². The zero-order chi connectivity index (χ0) is 15.6. The molecule has 2 amide bonds. The number of hydrogen-bond acceptors (Lipinski definition) is 5. The van der Waals surface area contributed by atoms with Crippen molar-refractivity contribution in [1.29, 1.82) is 0 Å². The Morgan fingerprint density at radius 3 is 2.71 bits per heavy atom. The minimum absolute atomic E-state index is 0.386. The van der Waals surface area contributed by atoms with Crippen LogP contribution >= 0.6 is 11.3 Å². The first-order valence-corrected chi connectivity index (χ1v) is 6.90. The molecule has 0 unspecified atom stereocenters. The normalized spacial score (nSPS) is 11.2. The van der Waals surface area contributed by atoms with Crippen molar-refractivity contribution in [2.75, 3.05) is 12.4 Å². The predicted octanol–water partition coefficient (Wildman–Crippen LogP) is 2.29. The first-order valence-electron chi connectivity index (χ1n) is 6.09. The van der Waals surface area contributed by atoms with Gasteiger partial charge in [-0.15, -0.1) is 0 Å². The summed E-state index contributed by atoms with van der Waals surface area (Å²) in [4.78, 5) is 27.0. The van der Waals surface area contributed by atoms with Crippen molar-refractivity contribution in [2.24, 2.45) is 0 Å². The molecule has 0 aliphatic heterocycles. The van der Waals surface area contributed by atoms with Crippen molar-refractivity contribution in [3.05, 3.63) is 18.2 Å². The summed E-state index contributed by atoms with van der Waals surface area (Å²) in [7, 11) is 1.57. The summed E-state index contributed by atoms with van der Waals surface area (Å²) in [5.74, 6) is -0.416. The van der Waals surface area contributed by atoms with Crippen molar-refractivity contribution >= 4 is 38.7 Å². The number of nitrogens with zero attached hydrogens (tertiary/aromatic N) is 1. The monoisotopic (exact) mass is 309 g/mol. The Kier molecular flexibility index (Phi) is 3.99. The van der Waals surface area contributed by atoms with E-state index in [1.807, 2.05) is 6.07 Å². The fourth-order valence-electron chi connectivity index (χ4n) is 1.55. The summed E-state index contributed by atoms with van der Waals surface area (Å²) in [6.45, 7) is 2.80. The van der Waals surface area contributed by atoms with Gasteiger partial charge in [-0.3, -0.25) is 5.32 Å². The smallest absolute Gasteiger partial charge is 0.328 e. The van der Waals surface area contributed by atoms with Crippen molar-refractivity contribution in [1.82, 2.24) is 10.3 Å². The predicted molar refractivity (Wildman–Crippen MR) is 80.0 cm³/mol. The van der Waals surface area contributed by atoms with E-state index >= 15 is 0 Å². The van der Waals surface area contributed by atoms with Crippen molar-refractivity contribution < 1.29 is 19.4 Å². The van der Waals surface area contributed by atoms with Crippen LogP contribution in [0.5, 0.6) is 5.75 Å². The number of carbonyl (C=O) groups is 2. The van der Waals surface area contributed by atoms with E-state index < -0.39 is 17.5 Å². The number of carbonyl (C=O) groups excluding carboxylic acids is 1. The molecule has 112 valence electrons. The number of carboxylic acid groups (broad SMARTS) is 1. The highest BCUT2D eigenvalue weighted by Gasteiger charge is 2.29. The summed E-state index contributed by atoms with van der Waals surface area (Å²) in [5, 5.41) is 14.2. The van der Waals surface area contributed by atoms with Gasteiger partial charge >= 0.3 is 12.0 Å². The van der Waals surface area contributed by atoms with Crippen LogP contribution < -0.4 is 15.4 Å². The highest BCUT2D eigenvalue weighted by molar-refractivity contribution is 7.22. The number of nitrogens with one attached hydrogen (secondary N) is 2. The second kappa shape index (κ2) is 5.57. The maximum Gasteiger partial charge on any atom is 0.328 e. The Hall–Kier alpha value is -2.35. The third kappa shape index (κ3) is 3.40. The molecule has 0 aliphatic rings. The van der Waals surface area contributed by atoms with E-state index in [9.17, 15) is 9.59 Å². The number of hydrogen-bond donors (Lipinski definition) is 3. The fraction of sp³-hybridized carbons (Fsp3) is 0.308. The van der Waals surface area contributed by atoms with Gasteiger partial charge in [0.25, 0.3) is 0 Å². The Morgan fingerprint density at radius 1 is 1.38 bits per heavy atom. The van der Waals surface area contributed by atoms with Gasteiger partial charge in [0.1, 0.15) is 11.3 Å². The van der Waals surface area contributed by atoms with Crippen molar-refractivity contribution in [3.63, 3.8) is 0 Å². The lowest BCUT2D eigenvalue weighted by Crippen LogP contribution is -2.51. The van der Waals surface area contributed by atoms with E-state index in [0.29, 0.717) is 10.9 Å². The average Bonchev–Trinajstić information content (AvgIpc) is 2.78. The fourth-order valence-corrected chi connectivity index (χ4v) is 2.44. The van der Waals surface area contributed by atoms with Crippen LogP contribution in [0.3, 0.4) is 0 Å². The van der Waals surface area contributed by atoms with E-state index in [0.717, 1.165) is 10.2 Å². The Balaban J connectivity index is 2.13. The Morgan fingerprint density at radius 2 is 2.10 bits per heavy atom. The highest BCUT2D eigenvalue weighted by atomic mass is 32.1. The maximum atomic E-state index is 11.8. The molecule has 0 aliphatic carbocycles. The minimum atomic E-state index is -1.36. The molecule has 1 aromatic carbocycles. The third-order valence-electron chi connectivity index (χ3n) is 2.78. The number of anilines is 1. The number of methoxy groups -OCH3 is 1. The van der Waals surface area contributed by atoms with Crippen LogP contribution in [0, 0.1) is 0 Å². The lowest BCUT2D eigenvalue weighted by molar-refractivity contribution is -0.142. The number of rotatable bonds is 4. The quantitative estimate of drug-likeness (QED) is 0.804. The number of carboxylic acids is 1. The third-order valence-corrected chi connectivity index (χ3v) is 3.71. The van der Waals surface area contributed by atoms with E-state index in [1.54, 1.807) is 19.2 Å². The number of fused-ring (bicyclic) bond motifs is 1. The molecule has 0 fully saturated rings. The summed E-state index contributed by atoms with van der Waals surface area (Å²) in [6, 6.07) is 4.76. The van der Waals surface area contributed by atoms with Crippen LogP contribution in [-0.4, -0.2) is 34.7 Å². The zero-order valence-electron chi connectivity index (χ0n) is 11.8. The van der Waals surface area contributed by atoms with Gasteiger partial charge in [0.2, 0.25) is 0 Å². The van der Waals surface area contributed by atoms with Crippen molar-refractivity contribution in [3.8, 4) is 5.75 Å². The van der Waals surface area contributed by atoms with Gasteiger partial charge in [0, 0.05) is 0 Å². The number of thiazole rings is 1. The summed E-state index contributed by atoms with van der Waals surface area (Å²) < 4.78 is 5.98. The van der Waals surface area contributed by atoms with Crippen LogP contribution in [0.25, 0.3) is 10.2 Å². The molecule has 3 N–H and O–H groups in total. The second-order valence-electron chi connectivity index (χ2n) is 4.86. The van der Waals surface area contributed by atoms with Crippen LogP contribution in [0.1, 0.15) is 13.8 Å². The number of aromatic nitrogens is 1. The van der Waals surface area contributed by atoms with Crippen LogP contribution in [0.4, 0.5) is 9.93 Å². The molecule has 2 aromatic rings. The van der Waals surface area contributed by atoms with Gasteiger partial charge in [-0.25, -0.2) is 14.6 Å².